The zero-order valence-electron chi connectivity index (χ0n) is 18.9. The lowest BCUT2D eigenvalue weighted by molar-refractivity contribution is -0.169. The molecule has 3 unspecified atom stereocenters. The molecule has 1 aromatic heterocycles. The third kappa shape index (κ3) is 3.07. The van der Waals surface area contributed by atoms with Crippen LogP contribution in [-0.4, -0.2) is 36.0 Å². The van der Waals surface area contributed by atoms with Gasteiger partial charge in [-0.25, -0.2) is 4.39 Å². The lowest BCUT2D eigenvalue weighted by atomic mass is 9.46. The van der Waals surface area contributed by atoms with E-state index in [4.69, 9.17) is 4.42 Å². The summed E-state index contributed by atoms with van der Waals surface area (Å²) in [5, 5.41) is 3.10. The van der Waals surface area contributed by atoms with Crippen LogP contribution in [0, 0.1) is 34.5 Å². The fourth-order valence-electron chi connectivity index (χ4n) is 8.35. The van der Waals surface area contributed by atoms with Crippen molar-refractivity contribution in [3.63, 3.8) is 0 Å². The van der Waals surface area contributed by atoms with E-state index in [0.29, 0.717) is 30.7 Å². The number of rotatable bonds is 3. The molecule has 4 fully saturated rings. The minimum absolute atomic E-state index is 0.00309. The number of likely N-dealkylation sites (tertiary alicyclic amines) is 1. The maximum absolute atomic E-state index is 14.7. The lowest BCUT2D eigenvalue weighted by Gasteiger charge is -2.62. The second-order valence-electron chi connectivity index (χ2n) is 11.1. The van der Waals surface area contributed by atoms with Crippen molar-refractivity contribution in [3.8, 4) is 0 Å². The number of halogens is 1. The van der Waals surface area contributed by atoms with Crippen molar-refractivity contribution in [1.29, 1.82) is 0 Å². The Labute approximate surface area is 184 Å². The standard InChI is InChI=1S/C25H35FN2O3/c1-24-11-10-18-16(6-9-21-25(18,2)13-20(26)23(30)28(21)3)17(24)7-8-19(24)22(29)27-14-15-5-4-12-31-15/h4-5,12,16-21H,6-11,13-14H2,1-3H3,(H,27,29)/t16-,17-,18+,19?,20?,21?,24-,25+/m0/s1. The quantitative estimate of drug-likeness (QED) is 0.777. The highest BCUT2D eigenvalue weighted by Gasteiger charge is 2.63. The van der Waals surface area contributed by atoms with Crippen molar-refractivity contribution in [2.45, 2.75) is 77.6 Å². The number of amides is 2. The van der Waals surface area contributed by atoms with Gasteiger partial charge in [-0.15, -0.1) is 0 Å². The fourth-order valence-corrected chi connectivity index (χ4v) is 8.35. The Morgan fingerprint density at radius 1 is 1.19 bits per heavy atom. The van der Waals surface area contributed by atoms with Gasteiger partial charge < -0.3 is 14.6 Å². The summed E-state index contributed by atoms with van der Waals surface area (Å²) in [6.45, 7) is 4.99. The van der Waals surface area contributed by atoms with E-state index in [9.17, 15) is 14.0 Å². The summed E-state index contributed by atoms with van der Waals surface area (Å²) in [5.41, 5.74) is -0.158. The molecule has 2 heterocycles. The molecule has 170 valence electrons. The molecular formula is C25H35FN2O3. The van der Waals surface area contributed by atoms with Crippen molar-refractivity contribution in [1.82, 2.24) is 10.2 Å². The van der Waals surface area contributed by atoms with Crippen LogP contribution in [0.15, 0.2) is 22.8 Å². The summed E-state index contributed by atoms with van der Waals surface area (Å²) in [4.78, 5) is 27.1. The largest absolute Gasteiger partial charge is 0.467 e. The molecule has 5 rings (SSSR count). The molecule has 4 aliphatic rings. The van der Waals surface area contributed by atoms with Gasteiger partial charge in [-0.2, -0.15) is 0 Å². The van der Waals surface area contributed by atoms with E-state index >= 15 is 0 Å². The summed E-state index contributed by atoms with van der Waals surface area (Å²) < 4.78 is 20.0. The van der Waals surface area contributed by atoms with E-state index in [1.807, 2.05) is 12.1 Å². The molecule has 5 nitrogen and oxygen atoms in total. The smallest absolute Gasteiger partial charge is 0.257 e. The fraction of sp³-hybridized carbons (Fsp3) is 0.760. The van der Waals surface area contributed by atoms with Gasteiger partial charge in [-0.05, 0) is 85.7 Å². The van der Waals surface area contributed by atoms with E-state index in [0.717, 1.165) is 44.3 Å². The van der Waals surface area contributed by atoms with Crippen molar-refractivity contribution in [2.24, 2.45) is 34.5 Å². The highest BCUT2D eigenvalue weighted by atomic mass is 19.1. The van der Waals surface area contributed by atoms with Gasteiger partial charge in [0.2, 0.25) is 5.91 Å². The van der Waals surface area contributed by atoms with Crippen molar-refractivity contribution in [3.05, 3.63) is 24.2 Å². The minimum atomic E-state index is -1.37. The molecule has 0 radical (unpaired) electrons. The van der Waals surface area contributed by atoms with Gasteiger partial charge in [-0.1, -0.05) is 13.8 Å². The van der Waals surface area contributed by atoms with Crippen LogP contribution in [0.5, 0.6) is 0 Å². The van der Waals surface area contributed by atoms with Crippen LogP contribution in [0.2, 0.25) is 0 Å². The number of carbonyl (C=O) groups excluding carboxylic acids is 2. The molecule has 8 atom stereocenters. The number of carbonyl (C=O) groups is 2. The molecule has 6 heteroatoms. The Morgan fingerprint density at radius 2 is 1.97 bits per heavy atom. The first kappa shape index (κ1) is 21.0. The van der Waals surface area contributed by atoms with E-state index in [1.165, 1.54) is 0 Å². The van der Waals surface area contributed by atoms with Gasteiger partial charge in [-0.3, -0.25) is 9.59 Å². The highest BCUT2D eigenvalue weighted by molar-refractivity contribution is 5.82. The predicted octanol–water partition coefficient (Wildman–Crippen LogP) is 4.32. The molecule has 0 spiro atoms. The van der Waals surface area contributed by atoms with Gasteiger partial charge >= 0.3 is 0 Å². The normalized spacial score (nSPS) is 44.4. The average molecular weight is 431 g/mol. The Hall–Kier alpha value is -1.85. The van der Waals surface area contributed by atoms with Crippen molar-refractivity contribution >= 4 is 11.8 Å². The molecule has 0 aromatic carbocycles. The van der Waals surface area contributed by atoms with E-state index in [1.54, 1.807) is 18.2 Å². The van der Waals surface area contributed by atoms with Crippen molar-refractivity contribution < 1.29 is 18.4 Å². The summed E-state index contributed by atoms with van der Waals surface area (Å²) in [6, 6.07) is 3.87. The Kier molecular flexibility index (Phi) is 4.98. The van der Waals surface area contributed by atoms with E-state index in [-0.39, 0.29) is 34.6 Å². The van der Waals surface area contributed by atoms with E-state index < -0.39 is 6.17 Å². The molecule has 0 bridgehead atoms. The first-order valence-corrected chi connectivity index (χ1v) is 12.0. The maximum Gasteiger partial charge on any atom is 0.257 e. The molecule has 1 aliphatic heterocycles. The number of nitrogens with zero attached hydrogens (tertiary/aromatic N) is 1. The first-order valence-electron chi connectivity index (χ1n) is 12.0. The van der Waals surface area contributed by atoms with E-state index in [2.05, 4.69) is 19.2 Å². The number of furan rings is 1. The maximum atomic E-state index is 14.7. The van der Waals surface area contributed by atoms with Gasteiger partial charge in [0.05, 0.1) is 12.8 Å². The lowest BCUT2D eigenvalue weighted by Crippen LogP contribution is -2.64. The zero-order valence-corrected chi connectivity index (χ0v) is 18.9. The van der Waals surface area contributed by atoms with Crippen LogP contribution in [0.3, 0.4) is 0 Å². The summed E-state index contributed by atoms with van der Waals surface area (Å²) >= 11 is 0. The van der Waals surface area contributed by atoms with Crippen LogP contribution in [0.1, 0.15) is 64.6 Å². The highest BCUT2D eigenvalue weighted by Crippen LogP contribution is 2.66. The third-order valence-corrected chi connectivity index (χ3v) is 9.85. The summed E-state index contributed by atoms with van der Waals surface area (Å²) in [7, 11) is 1.79. The molecule has 31 heavy (non-hydrogen) atoms. The summed E-state index contributed by atoms with van der Waals surface area (Å²) in [6.07, 6.45) is 6.69. The Bertz CT molecular complexity index is 857. The first-order chi connectivity index (χ1) is 14.8. The van der Waals surface area contributed by atoms with Crippen LogP contribution >= 0.6 is 0 Å². The molecule has 3 aliphatic carbocycles. The minimum Gasteiger partial charge on any atom is -0.467 e. The van der Waals surface area contributed by atoms with Crippen LogP contribution < -0.4 is 5.32 Å². The van der Waals surface area contributed by atoms with Crippen LogP contribution in [0.25, 0.3) is 0 Å². The average Bonchev–Trinajstić information content (AvgIpc) is 3.37. The molecule has 3 saturated carbocycles. The third-order valence-electron chi connectivity index (χ3n) is 9.85. The van der Waals surface area contributed by atoms with Crippen LogP contribution in [0.4, 0.5) is 4.39 Å². The number of nitrogens with one attached hydrogen (secondary N) is 1. The van der Waals surface area contributed by atoms with Crippen molar-refractivity contribution in [2.75, 3.05) is 7.05 Å². The number of fused-ring (bicyclic) bond motifs is 5. The molecular weight excluding hydrogens is 395 g/mol. The van der Waals surface area contributed by atoms with Gasteiger partial charge in [0.25, 0.3) is 5.91 Å². The Balaban J connectivity index is 1.34. The van der Waals surface area contributed by atoms with Gasteiger partial charge in [0, 0.05) is 19.0 Å². The molecule has 1 saturated heterocycles. The zero-order chi connectivity index (χ0) is 22.0. The SMILES string of the molecule is CN1C(=O)C(F)C[C@@]2(C)C1CC[C@@H]1[C@H]2CC[C@]2(C)C(C(=O)NCc3ccco3)CC[C@@H]12. The molecule has 1 aromatic rings. The number of hydrogen-bond donors (Lipinski definition) is 1. The van der Waals surface area contributed by atoms with Gasteiger partial charge in [0.15, 0.2) is 6.17 Å². The molecule has 1 N–H and O–H groups in total. The second-order valence-corrected chi connectivity index (χ2v) is 11.1. The topological polar surface area (TPSA) is 62.6 Å². The Morgan fingerprint density at radius 3 is 2.71 bits per heavy atom. The summed E-state index contributed by atoms with van der Waals surface area (Å²) in [5.74, 6) is 2.08. The van der Waals surface area contributed by atoms with Crippen LogP contribution in [-0.2, 0) is 16.1 Å². The molecule has 2 amide bonds. The predicted molar refractivity (Wildman–Crippen MR) is 115 cm³/mol. The second kappa shape index (κ2) is 7.35. The monoisotopic (exact) mass is 430 g/mol. The number of hydrogen-bond acceptors (Lipinski definition) is 3. The van der Waals surface area contributed by atoms with Gasteiger partial charge in [0.1, 0.15) is 5.76 Å². The number of piperidine rings is 1. The number of alkyl halides is 1.